The van der Waals surface area contributed by atoms with Gasteiger partial charge in [0.15, 0.2) is 6.17 Å². The summed E-state index contributed by atoms with van der Waals surface area (Å²) in [6.07, 6.45) is 0.157. The van der Waals surface area contributed by atoms with E-state index in [1.807, 2.05) is 6.92 Å². The first-order valence-corrected chi connectivity index (χ1v) is 3.67. The molecule has 0 aromatic heterocycles. The van der Waals surface area contributed by atoms with Gasteiger partial charge in [-0.05, 0) is 6.54 Å². The van der Waals surface area contributed by atoms with Crippen LogP contribution in [0, 0.1) is 0 Å². The molecule has 0 saturated carbocycles. The molecule has 1 unspecified atom stereocenters. The average Bonchev–Trinajstić information content (AvgIpc) is 1.80. The van der Waals surface area contributed by atoms with E-state index in [1.54, 1.807) is 0 Å². The van der Waals surface area contributed by atoms with Crippen LogP contribution in [0.5, 0.6) is 0 Å². The Bertz CT molecular complexity index is 88.1. The van der Waals surface area contributed by atoms with Gasteiger partial charge in [0, 0.05) is 0 Å². The van der Waals surface area contributed by atoms with Crippen LogP contribution in [-0.2, 0) is 0 Å². The Hall–Kier alpha value is -0.120. The van der Waals surface area contributed by atoms with Gasteiger partial charge in [-0.2, -0.15) is 0 Å². The van der Waals surface area contributed by atoms with Gasteiger partial charge in [-0.15, -0.1) is 0 Å². The Balaban J connectivity index is 3.81. The third-order valence-electron chi connectivity index (χ3n) is 1.55. The first-order valence-electron chi connectivity index (χ1n) is 3.67. The lowest BCUT2D eigenvalue weighted by Crippen LogP contribution is -2.55. The molecular weight excluding hydrogens is 128 g/mol. The van der Waals surface area contributed by atoms with E-state index in [1.165, 1.54) is 0 Å². The van der Waals surface area contributed by atoms with Gasteiger partial charge < -0.3 is 9.59 Å². The molecule has 0 fully saturated rings. The smallest absolute Gasteiger partial charge is 0.165 e. The van der Waals surface area contributed by atoms with Crippen molar-refractivity contribution in [3.8, 4) is 0 Å². The fourth-order valence-electron chi connectivity index (χ4n) is 0.819. The zero-order chi connectivity index (χ0) is 8.20. The Morgan fingerprint density at radius 3 is 2.00 bits per heavy atom. The van der Waals surface area contributed by atoms with E-state index in [9.17, 15) is 0 Å². The first-order chi connectivity index (χ1) is 4.52. The van der Waals surface area contributed by atoms with E-state index >= 15 is 0 Å². The number of hydrogen-bond donors (Lipinski definition) is 2. The zero-order valence-electron chi connectivity index (χ0n) is 7.39. The molecule has 0 aliphatic rings. The van der Waals surface area contributed by atoms with Crippen LogP contribution < -0.4 is 5.32 Å². The second kappa shape index (κ2) is 3.91. The molecular formula is C7H19N2O+. The minimum atomic E-state index is 0.157. The zero-order valence-corrected chi connectivity index (χ0v) is 7.39. The number of quaternary nitrogens is 1. The van der Waals surface area contributed by atoms with E-state index < -0.39 is 0 Å². The highest BCUT2D eigenvalue weighted by Gasteiger charge is 2.20. The average molecular weight is 147 g/mol. The van der Waals surface area contributed by atoms with Crippen molar-refractivity contribution in [1.82, 2.24) is 5.32 Å². The van der Waals surface area contributed by atoms with E-state index in [2.05, 4.69) is 26.5 Å². The molecule has 1 atom stereocenters. The number of aliphatic hydroxyl groups excluding tert-OH is 1. The van der Waals surface area contributed by atoms with Crippen molar-refractivity contribution in [2.24, 2.45) is 0 Å². The SMILES string of the molecule is CCNC(CO)[N+](C)(C)C. The molecule has 0 aliphatic carbocycles. The van der Waals surface area contributed by atoms with Crippen LogP contribution in [0.2, 0.25) is 0 Å². The molecule has 0 spiro atoms. The fraction of sp³-hybridized carbons (Fsp3) is 1.00. The standard InChI is InChI=1S/C7H19N2O/c1-5-8-7(6-10)9(2,3)4/h7-8,10H,5-6H2,1-4H3/q+1. The fourth-order valence-corrected chi connectivity index (χ4v) is 0.819. The summed E-state index contributed by atoms with van der Waals surface area (Å²) in [5.74, 6) is 0. The van der Waals surface area contributed by atoms with Gasteiger partial charge in [0.05, 0.1) is 21.1 Å². The number of nitrogens with one attached hydrogen (secondary N) is 1. The van der Waals surface area contributed by atoms with Crippen LogP contribution in [0.25, 0.3) is 0 Å². The van der Waals surface area contributed by atoms with Gasteiger partial charge in [-0.25, -0.2) is 0 Å². The Kier molecular flexibility index (Phi) is 3.86. The van der Waals surface area contributed by atoms with Crippen LogP contribution in [0.3, 0.4) is 0 Å². The molecule has 0 rings (SSSR count). The lowest BCUT2D eigenvalue weighted by Gasteiger charge is -2.32. The summed E-state index contributed by atoms with van der Waals surface area (Å²) in [5, 5.41) is 12.1. The first kappa shape index (κ1) is 9.88. The van der Waals surface area contributed by atoms with Crippen molar-refractivity contribution in [2.75, 3.05) is 34.3 Å². The molecule has 0 bridgehead atoms. The monoisotopic (exact) mass is 147 g/mol. The highest BCUT2D eigenvalue weighted by Crippen LogP contribution is 1.96. The Morgan fingerprint density at radius 1 is 1.40 bits per heavy atom. The molecule has 3 heteroatoms. The predicted molar refractivity (Wildman–Crippen MR) is 42.6 cm³/mol. The number of nitrogens with zero attached hydrogens (tertiary/aromatic N) is 1. The minimum Gasteiger partial charge on any atom is -0.389 e. The number of aliphatic hydroxyl groups is 1. The van der Waals surface area contributed by atoms with Crippen LogP contribution in [0.4, 0.5) is 0 Å². The summed E-state index contributed by atoms with van der Waals surface area (Å²) in [7, 11) is 6.18. The summed E-state index contributed by atoms with van der Waals surface area (Å²) in [4.78, 5) is 0. The van der Waals surface area contributed by atoms with Crippen molar-refractivity contribution >= 4 is 0 Å². The summed E-state index contributed by atoms with van der Waals surface area (Å²) in [6.45, 7) is 3.14. The molecule has 0 saturated heterocycles. The third kappa shape index (κ3) is 3.15. The largest absolute Gasteiger partial charge is 0.389 e. The van der Waals surface area contributed by atoms with E-state index in [0.29, 0.717) is 0 Å². The normalized spacial score (nSPS) is 15.3. The molecule has 62 valence electrons. The van der Waals surface area contributed by atoms with Gasteiger partial charge >= 0.3 is 0 Å². The molecule has 0 aromatic rings. The Labute approximate surface area is 63.2 Å². The summed E-state index contributed by atoms with van der Waals surface area (Å²) >= 11 is 0. The molecule has 2 N–H and O–H groups in total. The molecule has 0 aromatic carbocycles. The summed E-state index contributed by atoms with van der Waals surface area (Å²) < 4.78 is 0.754. The minimum absolute atomic E-state index is 0.157. The molecule has 0 radical (unpaired) electrons. The van der Waals surface area contributed by atoms with Crippen LogP contribution in [-0.4, -0.2) is 50.0 Å². The maximum absolute atomic E-state index is 8.91. The maximum Gasteiger partial charge on any atom is 0.165 e. The van der Waals surface area contributed by atoms with E-state index in [4.69, 9.17) is 5.11 Å². The second-order valence-electron chi connectivity index (χ2n) is 3.37. The summed E-state index contributed by atoms with van der Waals surface area (Å²) in [6, 6.07) is 0. The van der Waals surface area contributed by atoms with Crippen LogP contribution in [0.15, 0.2) is 0 Å². The van der Waals surface area contributed by atoms with E-state index in [0.717, 1.165) is 11.0 Å². The van der Waals surface area contributed by atoms with Gasteiger partial charge in [0.2, 0.25) is 0 Å². The Morgan fingerprint density at radius 2 is 1.90 bits per heavy atom. The van der Waals surface area contributed by atoms with E-state index in [-0.39, 0.29) is 12.8 Å². The summed E-state index contributed by atoms with van der Waals surface area (Å²) in [5.41, 5.74) is 0. The van der Waals surface area contributed by atoms with Crippen molar-refractivity contribution in [3.05, 3.63) is 0 Å². The van der Waals surface area contributed by atoms with Gasteiger partial charge in [0.25, 0.3) is 0 Å². The van der Waals surface area contributed by atoms with Crippen LogP contribution in [0.1, 0.15) is 6.92 Å². The van der Waals surface area contributed by atoms with Crippen molar-refractivity contribution in [3.63, 3.8) is 0 Å². The highest BCUT2D eigenvalue weighted by atomic mass is 16.3. The lowest BCUT2D eigenvalue weighted by molar-refractivity contribution is -0.899. The number of hydrogen-bond acceptors (Lipinski definition) is 2. The highest BCUT2D eigenvalue weighted by molar-refractivity contribution is 4.49. The molecule has 10 heavy (non-hydrogen) atoms. The third-order valence-corrected chi connectivity index (χ3v) is 1.55. The maximum atomic E-state index is 8.91. The molecule has 0 heterocycles. The number of rotatable bonds is 4. The molecule has 3 nitrogen and oxygen atoms in total. The van der Waals surface area contributed by atoms with Crippen LogP contribution >= 0.6 is 0 Å². The topological polar surface area (TPSA) is 32.3 Å². The second-order valence-corrected chi connectivity index (χ2v) is 3.37. The predicted octanol–water partition coefficient (Wildman–Crippen LogP) is -0.379. The molecule has 0 aliphatic heterocycles. The number of likely N-dealkylation sites (N-methyl/N-ethyl adjacent to an activating group) is 2. The lowest BCUT2D eigenvalue weighted by atomic mass is 10.4. The molecule has 0 amide bonds. The van der Waals surface area contributed by atoms with Gasteiger partial charge in [0.1, 0.15) is 6.61 Å². The van der Waals surface area contributed by atoms with Crippen molar-refractivity contribution in [1.29, 1.82) is 0 Å². The van der Waals surface area contributed by atoms with Gasteiger partial charge in [-0.3, -0.25) is 5.32 Å². The van der Waals surface area contributed by atoms with Crippen molar-refractivity contribution in [2.45, 2.75) is 13.1 Å². The van der Waals surface area contributed by atoms with Gasteiger partial charge in [-0.1, -0.05) is 6.92 Å². The van der Waals surface area contributed by atoms with Crippen molar-refractivity contribution < 1.29 is 9.59 Å². The quantitative estimate of drug-likeness (QED) is 0.420.